The zero-order valence-corrected chi connectivity index (χ0v) is 20.1. The molecule has 0 saturated carbocycles. The summed E-state index contributed by atoms with van der Waals surface area (Å²) >= 11 is 0. The summed E-state index contributed by atoms with van der Waals surface area (Å²) in [4.78, 5) is 0. The van der Waals surface area contributed by atoms with Crippen molar-refractivity contribution < 1.29 is 27.9 Å². The lowest BCUT2D eigenvalue weighted by atomic mass is 9.80. The molecular weight excluding hydrogens is 448 g/mol. The van der Waals surface area contributed by atoms with Gasteiger partial charge in [0.15, 0.2) is 5.70 Å². The van der Waals surface area contributed by atoms with E-state index in [1.54, 1.807) is 32.0 Å². The van der Waals surface area contributed by atoms with Gasteiger partial charge in [-0.2, -0.15) is 0 Å². The van der Waals surface area contributed by atoms with E-state index in [1.807, 2.05) is 56.3 Å². The molecule has 9 heteroatoms. The van der Waals surface area contributed by atoms with Gasteiger partial charge in [-0.1, -0.05) is 36.4 Å². The van der Waals surface area contributed by atoms with Crippen LogP contribution in [0.5, 0.6) is 5.75 Å². The number of benzene rings is 2. The second-order valence-corrected chi connectivity index (χ2v) is 9.27. The van der Waals surface area contributed by atoms with Crippen molar-refractivity contribution in [2.45, 2.75) is 34.3 Å². The van der Waals surface area contributed by atoms with E-state index in [9.17, 15) is 10.0 Å². The van der Waals surface area contributed by atoms with Crippen molar-refractivity contribution in [3.63, 3.8) is 0 Å². The van der Waals surface area contributed by atoms with Crippen LogP contribution in [0.25, 0.3) is 5.57 Å². The topological polar surface area (TPSA) is 57.6 Å². The van der Waals surface area contributed by atoms with Gasteiger partial charge in [0.25, 0.3) is 0 Å². The first-order valence-electron chi connectivity index (χ1n) is 11.5. The van der Waals surface area contributed by atoms with E-state index in [0.29, 0.717) is 34.0 Å². The smallest absolute Gasteiger partial charge is 0.489 e. The summed E-state index contributed by atoms with van der Waals surface area (Å²) in [5.41, 5.74) is 6.62. The molecule has 0 amide bonds. The van der Waals surface area contributed by atoms with Crippen LogP contribution in [0.15, 0.2) is 71.9 Å². The molecule has 0 unspecified atom stereocenters. The summed E-state index contributed by atoms with van der Waals surface area (Å²) in [7, 11) is -1.53. The van der Waals surface area contributed by atoms with Gasteiger partial charge < -0.3 is 32.4 Å². The van der Waals surface area contributed by atoms with Crippen LogP contribution >= 0.6 is 0 Å². The number of allylic oxidation sites excluding steroid dienone is 2. The average Bonchev–Trinajstić information content (AvgIpc) is 3.29. The molecule has 0 bridgehead atoms. The summed E-state index contributed by atoms with van der Waals surface area (Å²) in [6, 6.07) is 16.2. The number of rotatable bonds is 5. The molecule has 0 spiro atoms. The molecule has 2 aliphatic rings. The van der Waals surface area contributed by atoms with E-state index in [2.05, 4.69) is 0 Å². The molecule has 0 fully saturated rings. The third-order valence-corrected chi connectivity index (χ3v) is 6.73. The van der Waals surface area contributed by atoms with E-state index < -0.39 is 14.1 Å². The number of fused-ring (bicyclic) bond motifs is 2. The van der Waals surface area contributed by atoms with Crippen LogP contribution in [0.3, 0.4) is 0 Å². The van der Waals surface area contributed by atoms with Gasteiger partial charge in [0, 0.05) is 24.3 Å². The molecule has 2 N–H and O–H groups in total. The van der Waals surface area contributed by atoms with Crippen LogP contribution < -0.4 is 10.2 Å². The Bertz CT molecular complexity index is 1440. The first-order chi connectivity index (χ1) is 16.6. The van der Waals surface area contributed by atoms with Gasteiger partial charge in [0.1, 0.15) is 18.1 Å². The minimum Gasteiger partial charge on any atom is -0.489 e. The number of aromatic nitrogens is 1. The Morgan fingerprint density at radius 3 is 2.40 bits per heavy atom. The van der Waals surface area contributed by atoms with E-state index in [-0.39, 0.29) is 6.61 Å². The fourth-order valence-corrected chi connectivity index (χ4v) is 5.30. The summed E-state index contributed by atoms with van der Waals surface area (Å²) in [5, 5.41) is 18.7. The molecule has 35 heavy (non-hydrogen) atoms. The second-order valence-electron chi connectivity index (χ2n) is 9.27. The zero-order valence-electron chi connectivity index (χ0n) is 20.1. The second kappa shape index (κ2) is 8.36. The highest BCUT2D eigenvalue weighted by atomic mass is 19.2. The van der Waals surface area contributed by atoms with E-state index in [0.717, 1.165) is 27.8 Å². The van der Waals surface area contributed by atoms with Crippen molar-refractivity contribution in [2.75, 3.05) is 0 Å². The van der Waals surface area contributed by atoms with Gasteiger partial charge >= 0.3 is 14.1 Å². The maximum atomic E-state index is 15.8. The summed E-state index contributed by atoms with van der Waals surface area (Å²) in [6.07, 6.45) is 1.82. The van der Waals surface area contributed by atoms with Crippen molar-refractivity contribution in [1.82, 2.24) is 4.48 Å². The van der Waals surface area contributed by atoms with E-state index in [1.165, 1.54) is 8.96 Å². The Labute approximate surface area is 203 Å². The molecule has 5 nitrogen and oxygen atoms in total. The van der Waals surface area contributed by atoms with Gasteiger partial charge in [0.2, 0.25) is 0 Å². The fourth-order valence-electron chi connectivity index (χ4n) is 5.30. The molecule has 5 rings (SSSR count). The molecule has 2 aliphatic heterocycles. The zero-order chi connectivity index (χ0) is 25.1. The molecule has 3 heterocycles. The molecule has 0 radical (unpaired) electrons. The van der Waals surface area contributed by atoms with Crippen molar-refractivity contribution >= 4 is 30.8 Å². The van der Waals surface area contributed by atoms with Crippen molar-refractivity contribution in [2.24, 2.45) is 0 Å². The third kappa shape index (κ3) is 3.75. The van der Waals surface area contributed by atoms with Crippen LogP contribution in [-0.2, 0) is 6.61 Å². The quantitative estimate of drug-likeness (QED) is 0.554. The third-order valence-electron chi connectivity index (χ3n) is 6.73. The van der Waals surface area contributed by atoms with E-state index in [4.69, 9.17) is 4.74 Å². The maximum absolute atomic E-state index is 15.8. The Hall–Kier alpha value is -3.42. The van der Waals surface area contributed by atoms with Gasteiger partial charge in [-0.15, -0.1) is 0 Å². The number of aryl methyl sites for hydroxylation is 2. The number of hydrogen-bond donors (Lipinski definition) is 2. The van der Waals surface area contributed by atoms with Gasteiger partial charge in [-0.05, 0) is 66.8 Å². The normalized spacial score (nSPS) is 16.3. The predicted octanol–water partition coefficient (Wildman–Crippen LogP) is 3.79. The Morgan fingerprint density at radius 2 is 1.71 bits per heavy atom. The lowest BCUT2D eigenvalue weighted by Gasteiger charge is -2.34. The number of hydrogen-bond acceptors (Lipinski definition) is 3. The van der Waals surface area contributed by atoms with E-state index >= 15 is 8.63 Å². The predicted molar refractivity (Wildman–Crippen MR) is 135 cm³/mol. The van der Waals surface area contributed by atoms with Crippen molar-refractivity contribution in [3.8, 4) is 5.75 Å². The number of nitrogens with zero attached hydrogens (tertiary/aromatic N) is 2. The van der Waals surface area contributed by atoms with Gasteiger partial charge in [-0.25, -0.2) is 0 Å². The van der Waals surface area contributed by atoms with Crippen LogP contribution in [0.4, 0.5) is 8.63 Å². The average molecular weight is 474 g/mol. The largest absolute Gasteiger partial charge is 0.737 e. The summed E-state index contributed by atoms with van der Waals surface area (Å²) < 4.78 is 39.8. The van der Waals surface area contributed by atoms with Crippen molar-refractivity contribution in [1.29, 1.82) is 0 Å². The highest BCUT2D eigenvalue weighted by Gasteiger charge is 2.55. The molecule has 1 aromatic heterocycles. The standard InChI is InChI=1S/C26H26B2F2N2O3/c1-16-12-18(3)31-25(16)24(26-17(2)13-19(4)32(26)28(31,29)30)21-8-10-23(11-9-21)35-15-20-6-5-7-22(14-20)27(33)34/h5-14,33-34H,15H2,1-4H3. The molecule has 2 aromatic carbocycles. The summed E-state index contributed by atoms with van der Waals surface area (Å²) in [5.74, 6) is 0.626. The highest BCUT2D eigenvalue weighted by Crippen LogP contribution is 2.44. The maximum Gasteiger partial charge on any atom is 0.737 e. The first kappa shape index (κ1) is 23.3. The number of ether oxygens (including phenoxy) is 1. The van der Waals surface area contributed by atoms with Gasteiger partial charge in [0.05, 0.1) is 5.57 Å². The number of halogens is 2. The lowest BCUT2D eigenvalue weighted by Crippen LogP contribution is -2.51. The molecule has 3 aromatic rings. The Morgan fingerprint density at radius 1 is 1.00 bits per heavy atom. The first-order valence-corrected chi connectivity index (χ1v) is 11.5. The lowest BCUT2D eigenvalue weighted by molar-refractivity contribution is -0.363. The monoisotopic (exact) mass is 474 g/mol. The molecule has 178 valence electrons. The molecule has 0 aliphatic carbocycles. The Balaban J connectivity index is 1.52. The molecule has 0 atom stereocenters. The van der Waals surface area contributed by atoms with Crippen LogP contribution in [-0.4, -0.2) is 38.8 Å². The SMILES string of the molecule is CC1=CC(C)=[N+]2C1=C(c1ccc(OCc3cccc(B(O)O)c3)cc1)c1c(C)cc(C)n1[B-]2(F)F. The summed E-state index contributed by atoms with van der Waals surface area (Å²) in [6.45, 7) is 3.46. The highest BCUT2D eigenvalue weighted by molar-refractivity contribution is 6.59. The van der Waals surface area contributed by atoms with Crippen LogP contribution in [0.2, 0.25) is 0 Å². The van der Waals surface area contributed by atoms with Crippen LogP contribution in [0.1, 0.15) is 41.9 Å². The minimum atomic E-state index is -4.00. The molecular formula is C26H26B2F2N2O3. The minimum absolute atomic E-state index is 0.257. The fraction of sp³-hybridized carbons (Fsp3) is 0.192. The molecule has 0 saturated heterocycles. The Kier molecular flexibility index (Phi) is 5.57. The van der Waals surface area contributed by atoms with Gasteiger partial charge in [-0.3, -0.25) is 0 Å². The van der Waals surface area contributed by atoms with Crippen molar-refractivity contribution in [3.05, 3.63) is 100 Å². The van der Waals surface area contributed by atoms with Crippen LogP contribution in [0, 0.1) is 13.8 Å².